The first-order valence-corrected chi connectivity index (χ1v) is 7.21. The molecule has 0 aromatic carbocycles. The van der Waals surface area contributed by atoms with Crippen LogP contribution in [0.2, 0.25) is 0 Å². The molecular weight excluding hydrogens is 242 g/mol. The Balaban J connectivity index is 2.15. The second kappa shape index (κ2) is 6.50. The van der Waals surface area contributed by atoms with Gasteiger partial charge in [-0.25, -0.2) is 0 Å². The minimum atomic E-state index is -0.299. The van der Waals surface area contributed by atoms with Crippen molar-refractivity contribution in [1.82, 2.24) is 9.78 Å². The summed E-state index contributed by atoms with van der Waals surface area (Å²) in [7, 11) is 0. The molecule has 1 unspecified atom stereocenters. The van der Waals surface area contributed by atoms with Crippen molar-refractivity contribution in [1.29, 1.82) is 0 Å². The highest BCUT2D eigenvalue weighted by molar-refractivity contribution is 5.16. The maximum atomic E-state index is 6.47. The van der Waals surface area contributed by atoms with Gasteiger partial charge in [-0.05, 0) is 13.3 Å². The molecule has 0 spiro atoms. The lowest BCUT2D eigenvalue weighted by Crippen LogP contribution is -2.48. The van der Waals surface area contributed by atoms with Crippen LogP contribution in [0.15, 0.2) is 12.4 Å². The molecule has 0 aliphatic carbocycles. The van der Waals surface area contributed by atoms with Crippen molar-refractivity contribution in [3.05, 3.63) is 18.0 Å². The maximum Gasteiger partial charge on any atom is 0.0918 e. The summed E-state index contributed by atoms with van der Waals surface area (Å²) in [6.07, 6.45) is 6.68. The Hall–Kier alpha value is -0.910. The van der Waals surface area contributed by atoms with Gasteiger partial charge in [0.05, 0.1) is 17.8 Å². The van der Waals surface area contributed by atoms with Crippen LogP contribution in [0.3, 0.4) is 0 Å². The third kappa shape index (κ3) is 3.16. The van der Waals surface area contributed by atoms with Crippen LogP contribution in [0.25, 0.3) is 0 Å². The van der Waals surface area contributed by atoms with Crippen molar-refractivity contribution in [3.8, 4) is 0 Å². The Morgan fingerprint density at radius 2 is 2.21 bits per heavy atom. The van der Waals surface area contributed by atoms with Crippen LogP contribution in [0.5, 0.6) is 0 Å². The Labute approximate surface area is 115 Å². The van der Waals surface area contributed by atoms with Crippen molar-refractivity contribution in [2.45, 2.75) is 51.3 Å². The highest BCUT2D eigenvalue weighted by Crippen LogP contribution is 2.36. The van der Waals surface area contributed by atoms with Gasteiger partial charge in [-0.3, -0.25) is 4.68 Å². The number of nitrogens with zero attached hydrogens (tertiary/aromatic N) is 2. The van der Waals surface area contributed by atoms with Crippen molar-refractivity contribution < 1.29 is 9.47 Å². The standard InChI is InChI=1S/C14H25N3O2/c1-3-7-17-11-12(10-16-17)13(15)14(19-4-2)5-8-18-9-6-14/h10-11,13H,3-9,15H2,1-2H3. The van der Waals surface area contributed by atoms with Crippen LogP contribution in [-0.2, 0) is 16.0 Å². The van der Waals surface area contributed by atoms with E-state index in [1.165, 1.54) is 0 Å². The largest absolute Gasteiger partial charge is 0.381 e. The average Bonchev–Trinajstić information content (AvgIpc) is 2.88. The quantitative estimate of drug-likeness (QED) is 0.855. The fourth-order valence-corrected chi connectivity index (χ4v) is 2.74. The van der Waals surface area contributed by atoms with Crippen LogP contribution in [0.4, 0.5) is 0 Å². The zero-order valence-corrected chi connectivity index (χ0v) is 12.0. The number of hydrogen-bond acceptors (Lipinski definition) is 4. The first-order chi connectivity index (χ1) is 9.22. The van der Waals surface area contributed by atoms with E-state index in [2.05, 4.69) is 12.0 Å². The number of nitrogens with two attached hydrogens (primary N) is 1. The van der Waals surface area contributed by atoms with Crippen molar-refractivity contribution >= 4 is 0 Å². The highest BCUT2D eigenvalue weighted by Gasteiger charge is 2.40. The highest BCUT2D eigenvalue weighted by atomic mass is 16.5. The SMILES string of the molecule is CCCn1cc(C(N)C2(OCC)CCOCC2)cn1. The molecule has 1 saturated heterocycles. The number of ether oxygens (including phenoxy) is 2. The Morgan fingerprint density at radius 1 is 1.47 bits per heavy atom. The first kappa shape index (κ1) is 14.5. The van der Waals surface area contributed by atoms with Crippen molar-refractivity contribution in [2.24, 2.45) is 5.73 Å². The minimum Gasteiger partial charge on any atom is -0.381 e. The van der Waals surface area contributed by atoms with Gasteiger partial charge in [0.25, 0.3) is 0 Å². The summed E-state index contributed by atoms with van der Waals surface area (Å²) < 4.78 is 13.4. The van der Waals surface area contributed by atoms with Gasteiger partial charge < -0.3 is 15.2 Å². The Morgan fingerprint density at radius 3 is 2.84 bits per heavy atom. The normalized spacial score (nSPS) is 20.4. The monoisotopic (exact) mass is 267 g/mol. The van der Waals surface area contributed by atoms with Gasteiger partial charge in [0, 0.05) is 51.0 Å². The van der Waals surface area contributed by atoms with Crippen LogP contribution in [-0.4, -0.2) is 35.2 Å². The molecule has 0 saturated carbocycles. The van der Waals surface area contributed by atoms with E-state index in [0.717, 1.165) is 44.6 Å². The molecule has 1 aliphatic rings. The zero-order valence-electron chi connectivity index (χ0n) is 12.0. The molecule has 0 amide bonds. The molecule has 19 heavy (non-hydrogen) atoms. The van der Waals surface area contributed by atoms with E-state index in [-0.39, 0.29) is 11.6 Å². The second-order valence-corrected chi connectivity index (χ2v) is 5.12. The molecule has 108 valence electrons. The number of aryl methyl sites for hydroxylation is 1. The molecule has 2 N–H and O–H groups in total. The summed E-state index contributed by atoms with van der Waals surface area (Å²) >= 11 is 0. The summed E-state index contributed by atoms with van der Waals surface area (Å²) in [5.41, 5.74) is 7.23. The van der Waals surface area contributed by atoms with Gasteiger partial charge >= 0.3 is 0 Å². The van der Waals surface area contributed by atoms with Gasteiger partial charge in [0.2, 0.25) is 0 Å². The van der Waals surface area contributed by atoms with Gasteiger partial charge in [-0.2, -0.15) is 5.10 Å². The molecule has 2 heterocycles. The molecular formula is C14H25N3O2. The summed E-state index contributed by atoms with van der Waals surface area (Å²) in [6, 6.07) is -0.137. The van der Waals surface area contributed by atoms with E-state index >= 15 is 0 Å². The first-order valence-electron chi connectivity index (χ1n) is 7.21. The van der Waals surface area contributed by atoms with E-state index in [0.29, 0.717) is 6.61 Å². The molecule has 5 nitrogen and oxygen atoms in total. The lowest BCUT2D eigenvalue weighted by atomic mass is 9.83. The second-order valence-electron chi connectivity index (χ2n) is 5.12. The molecule has 1 aliphatic heterocycles. The van der Waals surface area contributed by atoms with Gasteiger partial charge in [-0.1, -0.05) is 6.92 Å². The lowest BCUT2D eigenvalue weighted by molar-refractivity contribution is -0.121. The predicted octanol–water partition coefficient (Wildman–Crippen LogP) is 1.88. The Bertz CT molecular complexity index is 380. The summed E-state index contributed by atoms with van der Waals surface area (Å²) in [6.45, 7) is 7.20. The third-order valence-electron chi connectivity index (χ3n) is 3.80. The van der Waals surface area contributed by atoms with E-state index in [9.17, 15) is 0 Å². The van der Waals surface area contributed by atoms with E-state index in [4.69, 9.17) is 15.2 Å². The summed E-state index contributed by atoms with van der Waals surface area (Å²) in [4.78, 5) is 0. The fourth-order valence-electron chi connectivity index (χ4n) is 2.74. The predicted molar refractivity (Wildman–Crippen MR) is 73.9 cm³/mol. The molecule has 2 rings (SSSR count). The van der Waals surface area contributed by atoms with Crippen LogP contribution in [0.1, 0.15) is 44.7 Å². The van der Waals surface area contributed by atoms with Crippen LogP contribution >= 0.6 is 0 Å². The summed E-state index contributed by atoms with van der Waals surface area (Å²) in [5, 5.41) is 4.36. The Kier molecular flexibility index (Phi) is 4.96. The van der Waals surface area contributed by atoms with Gasteiger partial charge in [0.1, 0.15) is 0 Å². The molecule has 0 bridgehead atoms. The number of rotatable bonds is 6. The fraction of sp³-hybridized carbons (Fsp3) is 0.786. The lowest BCUT2D eigenvalue weighted by Gasteiger charge is -2.41. The molecule has 0 radical (unpaired) electrons. The molecule has 1 atom stereocenters. The van der Waals surface area contributed by atoms with Gasteiger partial charge in [0.15, 0.2) is 0 Å². The molecule has 1 aromatic heterocycles. The maximum absolute atomic E-state index is 6.47. The molecule has 1 fully saturated rings. The zero-order chi connectivity index (χ0) is 13.7. The van der Waals surface area contributed by atoms with E-state index in [1.807, 2.05) is 24.0 Å². The van der Waals surface area contributed by atoms with E-state index < -0.39 is 0 Å². The van der Waals surface area contributed by atoms with Crippen molar-refractivity contribution in [3.63, 3.8) is 0 Å². The minimum absolute atomic E-state index is 0.137. The topological polar surface area (TPSA) is 62.3 Å². The molecule has 1 aromatic rings. The average molecular weight is 267 g/mol. The van der Waals surface area contributed by atoms with Crippen LogP contribution < -0.4 is 5.73 Å². The van der Waals surface area contributed by atoms with Crippen molar-refractivity contribution in [2.75, 3.05) is 19.8 Å². The van der Waals surface area contributed by atoms with Crippen LogP contribution in [0, 0.1) is 0 Å². The number of hydrogen-bond donors (Lipinski definition) is 1. The smallest absolute Gasteiger partial charge is 0.0918 e. The molecule has 5 heteroatoms. The number of aromatic nitrogens is 2. The van der Waals surface area contributed by atoms with E-state index in [1.54, 1.807) is 0 Å². The summed E-state index contributed by atoms with van der Waals surface area (Å²) in [5.74, 6) is 0. The third-order valence-corrected chi connectivity index (χ3v) is 3.80. The van der Waals surface area contributed by atoms with Gasteiger partial charge in [-0.15, -0.1) is 0 Å².